The van der Waals surface area contributed by atoms with E-state index in [0.717, 1.165) is 12.0 Å². The van der Waals surface area contributed by atoms with Gasteiger partial charge in [0.2, 0.25) is 5.91 Å². The first-order valence-corrected chi connectivity index (χ1v) is 6.46. The highest BCUT2D eigenvalue weighted by Gasteiger charge is 2.15. The zero-order valence-corrected chi connectivity index (χ0v) is 12.0. The molecule has 0 bridgehead atoms. The molecule has 0 heterocycles. The van der Waals surface area contributed by atoms with Crippen LogP contribution in [0, 0.1) is 5.92 Å². The Morgan fingerprint density at radius 3 is 2.17 bits per heavy atom. The first-order chi connectivity index (χ1) is 8.40. The van der Waals surface area contributed by atoms with Crippen LogP contribution in [-0.2, 0) is 11.2 Å². The molecule has 3 heteroatoms. The summed E-state index contributed by atoms with van der Waals surface area (Å²) < 4.78 is 0. The Kier molecular flexibility index (Phi) is 5.35. The minimum absolute atomic E-state index is 0.0246. The molecule has 0 fully saturated rings. The lowest BCUT2D eigenvalue weighted by atomic mass is 9.96. The zero-order valence-electron chi connectivity index (χ0n) is 12.0. The molecule has 3 nitrogen and oxygen atoms in total. The molecule has 1 aromatic carbocycles. The van der Waals surface area contributed by atoms with Crippen LogP contribution in [0.1, 0.15) is 37.8 Å². The van der Waals surface area contributed by atoms with Crippen LogP contribution >= 0.6 is 0 Å². The number of carbonyl (C=O) groups excluding carboxylic acids is 1. The maximum Gasteiger partial charge on any atom is 0.241 e. The van der Waals surface area contributed by atoms with E-state index in [9.17, 15) is 4.79 Å². The Bertz CT molecular complexity index is 382. The lowest BCUT2D eigenvalue weighted by molar-refractivity contribution is -0.125. The van der Waals surface area contributed by atoms with E-state index in [-0.39, 0.29) is 11.8 Å². The summed E-state index contributed by atoms with van der Waals surface area (Å²) >= 11 is 0. The Labute approximate surface area is 110 Å². The summed E-state index contributed by atoms with van der Waals surface area (Å²) in [6, 6.07) is 8.35. The van der Waals surface area contributed by atoms with E-state index in [2.05, 4.69) is 43.5 Å². The quantitative estimate of drug-likeness (QED) is 0.812. The molecule has 0 saturated heterocycles. The molecular weight excluding hydrogens is 224 g/mol. The molecule has 100 valence electrons. The Morgan fingerprint density at radius 2 is 1.72 bits per heavy atom. The van der Waals surface area contributed by atoms with Gasteiger partial charge < -0.3 is 0 Å². The molecule has 0 aliphatic heterocycles. The van der Waals surface area contributed by atoms with Gasteiger partial charge in [-0.1, -0.05) is 38.1 Å². The van der Waals surface area contributed by atoms with E-state index < -0.39 is 0 Å². The Morgan fingerprint density at radius 1 is 1.17 bits per heavy atom. The summed E-state index contributed by atoms with van der Waals surface area (Å²) in [4.78, 5) is 11.9. The highest BCUT2D eigenvalue weighted by Crippen LogP contribution is 2.17. The van der Waals surface area contributed by atoms with Crippen LogP contribution < -0.4 is 5.43 Å². The first kappa shape index (κ1) is 14.7. The lowest BCUT2D eigenvalue weighted by Gasteiger charge is -2.17. The van der Waals surface area contributed by atoms with Gasteiger partial charge in [0.15, 0.2) is 0 Å². The summed E-state index contributed by atoms with van der Waals surface area (Å²) in [5.74, 6) is 0.558. The SMILES string of the molecule is CC(C)Cc1ccc(C(C)C(=O)NN(C)C)cc1. The van der Waals surface area contributed by atoms with E-state index in [0.29, 0.717) is 5.92 Å². The van der Waals surface area contributed by atoms with Gasteiger partial charge >= 0.3 is 0 Å². The summed E-state index contributed by atoms with van der Waals surface area (Å²) in [5.41, 5.74) is 5.17. The average molecular weight is 248 g/mol. The van der Waals surface area contributed by atoms with Gasteiger partial charge in [-0.2, -0.15) is 0 Å². The predicted octanol–water partition coefficient (Wildman–Crippen LogP) is 2.58. The molecular formula is C15H24N2O. The van der Waals surface area contributed by atoms with E-state index in [1.165, 1.54) is 5.56 Å². The Balaban J connectivity index is 2.69. The van der Waals surface area contributed by atoms with Gasteiger partial charge in [-0.15, -0.1) is 0 Å². The van der Waals surface area contributed by atoms with Gasteiger partial charge in [-0.25, -0.2) is 5.01 Å². The number of rotatable bonds is 5. The molecule has 1 atom stereocenters. The number of hydrogen-bond donors (Lipinski definition) is 1. The van der Waals surface area contributed by atoms with Crippen LogP contribution in [-0.4, -0.2) is 25.0 Å². The second kappa shape index (κ2) is 6.55. The van der Waals surface area contributed by atoms with Crippen molar-refractivity contribution < 1.29 is 4.79 Å². The molecule has 18 heavy (non-hydrogen) atoms. The molecule has 0 aromatic heterocycles. The minimum Gasteiger partial charge on any atom is -0.289 e. The highest BCUT2D eigenvalue weighted by molar-refractivity contribution is 5.82. The number of nitrogens with zero attached hydrogens (tertiary/aromatic N) is 1. The van der Waals surface area contributed by atoms with Crippen LogP contribution in [0.15, 0.2) is 24.3 Å². The van der Waals surface area contributed by atoms with Gasteiger partial charge in [0.1, 0.15) is 0 Å². The lowest BCUT2D eigenvalue weighted by Crippen LogP contribution is -2.38. The van der Waals surface area contributed by atoms with Gasteiger partial charge in [-0.3, -0.25) is 10.2 Å². The van der Waals surface area contributed by atoms with Gasteiger partial charge in [0.25, 0.3) is 0 Å². The topological polar surface area (TPSA) is 32.3 Å². The van der Waals surface area contributed by atoms with Crippen LogP contribution in [0.3, 0.4) is 0 Å². The van der Waals surface area contributed by atoms with Crippen LogP contribution in [0.2, 0.25) is 0 Å². The molecule has 1 rings (SSSR count). The smallest absolute Gasteiger partial charge is 0.241 e. The second-order valence-corrected chi connectivity index (χ2v) is 5.43. The third-order valence-electron chi connectivity index (χ3n) is 2.85. The molecule has 1 aromatic rings. The van der Waals surface area contributed by atoms with Crippen molar-refractivity contribution in [3.63, 3.8) is 0 Å². The summed E-state index contributed by atoms with van der Waals surface area (Å²) in [5, 5.41) is 1.67. The summed E-state index contributed by atoms with van der Waals surface area (Å²) in [6.45, 7) is 6.35. The third-order valence-corrected chi connectivity index (χ3v) is 2.85. The number of carbonyl (C=O) groups is 1. The van der Waals surface area contributed by atoms with Gasteiger partial charge in [0.05, 0.1) is 5.92 Å². The Hall–Kier alpha value is -1.35. The van der Waals surface area contributed by atoms with Crippen molar-refractivity contribution in [1.82, 2.24) is 10.4 Å². The monoisotopic (exact) mass is 248 g/mol. The van der Waals surface area contributed by atoms with Crippen molar-refractivity contribution in [2.24, 2.45) is 5.92 Å². The van der Waals surface area contributed by atoms with Gasteiger partial charge in [-0.05, 0) is 30.4 Å². The average Bonchev–Trinajstić information content (AvgIpc) is 2.27. The fourth-order valence-corrected chi connectivity index (χ4v) is 1.88. The second-order valence-electron chi connectivity index (χ2n) is 5.43. The number of benzene rings is 1. The van der Waals surface area contributed by atoms with Crippen molar-refractivity contribution >= 4 is 5.91 Å². The number of hydrogen-bond acceptors (Lipinski definition) is 2. The fourth-order valence-electron chi connectivity index (χ4n) is 1.88. The molecule has 1 unspecified atom stereocenters. The maximum atomic E-state index is 11.9. The standard InChI is InChI=1S/C15H24N2O/c1-11(2)10-13-6-8-14(9-7-13)12(3)15(18)16-17(4)5/h6-9,11-12H,10H2,1-5H3,(H,16,18). The van der Waals surface area contributed by atoms with E-state index in [1.54, 1.807) is 5.01 Å². The molecule has 0 aliphatic rings. The summed E-state index contributed by atoms with van der Waals surface area (Å²) in [6.07, 6.45) is 1.08. The molecule has 1 amide bonds. The van der Waals surface area contributed by atoms with Crippen molar-refractivity contribution in [3.05, 3.63) is 35.4 Å². The van der Waals surface area contributed by atoms with Crippen molar-refractivity contribution in [1.29, 1.82) is 0 Å². The normalized spacial score (nSPS) is 12.8. The molecule has 1 N–H and O–H groups in total. The van der Waals surface area contributed by atoms with E-state index >= 15 is 0 Å². The van der Waals surface area contributed by atoms with Crippen LogP contribution in [0.5, 0.6) is 0 Å². The van der Waals surface area contributed by atoms with Gasteiger partial charge in [0, 0.05) is 14.1 Å². The first-order valence-electron chi connectivity index (χ1n) is 6.46. The number of amides is 1. The van der Waals surface area contributed by atoms with Crippen molar-refractivity contribution in [2.45, 2.75) is 33.1 Å². The molecule has 0 saturated carbocycles. The number of nitrogens with one attached hydrogen (secondary N) is 1. The molecule has 0 radical (unpaired) electrons. The van der Waals surface area contributed by atoms with Crippen LogP contribution in [0.25, 0.3) is 0 Å². The van der Waals surface area contributed by atoms with E-state index in [1.807, 2.05) is 21.0 Å². The van der Waals surface area contributed by atoms with Crippen LogP contribution in [0.4, 0.5) is 0 Å². The molecule has 0 spiro atoms. The fraction of sp³-hybridized carbons (Fsp3) is 0.533. The molecule has 0 aliphatic carbocycles. The van der Waals surface area contributed by atoms with Crippen molar-refractivity contribution in [2.75, 3.05) is 14.1 Å². The minimum atomic E-state index is -0.125. The highest BCUT2D eigenvalue weighted by atomic mass is 16.2. The largest absolute Gasteiger partial charge is 0.289 e. The van der Waals surface area contributed by atoms with Crippen molar-refractivity contribution in [3.8, 4) is 0 Å². The van der Waals surface area contributed by atoms with E-state index in [4.69, 9.17) is 0 Å². The number of hydrazine groups is 1. The maximum absolute atomic E-state index is 11.9. The zero-order chi connectivity index (χ0) is 13.7. The summed E-state index contributed by atoms with van der Waals surface area (Å²) in [7, 11) is 3.63. The third kappa shape index (κ3) is 4.49. The predicted molar refractivity (Wildman–Crippen MR) is 75.2 cm³/mol.